The van der Waals surface area contributed by atoms with Crippen LogP contribution in [0.5, 0.6) is 0 Å². The van der Waals surface area contributed by atoms with Crippen LogP contribution in [0.4, 0.5) is 0 Å². The molecule has 5 aliphatic carbocycles. The van der Waals surface area contributed by atoms with Gasteiger partial charge in [-0.1, -0.05) is 12.1 Å². The standard InChI is InChI=1S/C25H29NO6S/c27-33(28)21-4-2-1-3-20(21)22(26-33)29-14-15-5-7-24(8-6-15)30-25(32-31-24)18-10-16-9-17-11-19(25)13-23(16,17)12-18/h1-4,15-19H,5-14H2. The molecule has 1 saturated heterocycles. The van der Waals surface area contributed by atoms with Crippen LogP contribution in [0.15, 0.2) is 33.6 Å². The second-order valence-corrected chi connectivity index (χ2v) is 13.2. The minimum Gasteiger partial charge on any atom is -0.476 e. The number of ether oxygens (including phenoxy) is 2. The van der Waals surface area contributed by atoms with Crippen LogP contribution in [0.2, 0.25) is 0 Å². The SMILES string of the molecule is O=S1(=O)N=C(OCC2CCC3(CC2)OOC2(O3)C3CC4CC5CC2CC45C3)c2ccccc21. The molecule has 1 aromatic carbocycles. The third-order valence-electron chi connectivity index (χ3n) is 10.3. The molecule has 3 spiro atoms. The normalized spacial score (nSPS) is 49.8. The Morgan fingerprint density at radius 3 is 2.42 bits per heavy atom. The molecule has 8 heteroatoms. The first-order valence-electron chi connectivity index (χ1n) is 12.6. The Bertz CT molecular complexity index is 1150. The minimum absolute atomic E-state index is 0.216. The topological polar surface area (TPSA) is 83.4 Å². The molecule has 0 radical (unpaired) electrons. The molecule has 176 valence electrons. The highest BCUT2D eigenvalue weighted by atomic mass is 32.2. The fourth-order valence-corrected chi connectivity index (χ4v) is 9.88. The summed E-state index contributed by atoms with van der Waals surface area (Å²) in [6.07, 6.45) is 9.79. The Hall–Kier alpha value is -1.48. The summed E-state index contributed by atoms with van der Waals surface area (Å²) >= 11 is 0. The maximum Gasteiger partial charge on any atom is 0.286 e. The Morgan fingerprint density at radius 1 is 0.970 bits per heavy atom. The van der Waals surface area contributed by atoms with Crippen molar-refractivity contribution in [3.05, 3.63) is 29.8 Å². The highest BCUT2D eigenvalue weighted by molar-refractivity contribution is 7.90. The Balaban J connectivity index is 0.937. The first-order valence-corrected chi connectivity index (χ1v) is 14.0. The van der Waals surface area contributed by atoms with Gasteiger partial charge < -0.3 is 9.47 Å². The predicted molar refractivity (Wildman–Crippen MR) is 116 cm³/mol. The molecule has 7 nitrogen and oxygen atoms in total. The Morgan fingerprint density at radius 2 is 1.67 bits per heavy atom. The van der Waals surface area contributed by atoms with E-state index in [0.717, 1.165) is 37.5 Å². The van der Waals surface area contributed by atoms with Crippen LogP contribution in [0.3, 0.4) is 0 Å². The zero-order valence-corrected chi connectivity index (χ0v) is 19.4. The third-order valence-corrected chi connectivity index (χ3v) is 11.6. The van der Waals surface area contributed by atoms with Crippen molar-refractivity contribution in [3.8, 4) is 0 Å². The number of hydrogen-bond donors (Lipinski definition) is 0. The smallest absolute Gasteiger partial charge is 0.286 e. The number of nitrogens with zero attached hydrogens (tertiary/aromatic N) is 1. The molecule has 0 N–H and O–H groups in total. The van der Waals surface area contributed by atoms with Crippen LogP contribution < -0.4 is 0 Å². The highest BCUT2D eigenvalue weighted by Crippen LogP contribution is 2.79. The molecule has 8 rings (SSSR count). The van der Waals surface area contributed by atoms with Gasteiger partial charge in [-0.25, -0.2) is 0 Å². The van der Waals surface area contributed by atoms with Gasteiger partial charge in [0.2, 0.25) is 17.5 Å². The van der Waals surface area contributed by atoms with E-state index >= 15 is 0 Å². The summed E-state index contributed by atoms with van der Waals surface area (Å²) < 4.78 is 41.1. The molecule has 7 aliphatic rings. The molecular formula is C25H29NO6S. The number of hydrogen-bond acceptors (Lipinski definition) is 6. The zero-order valence-electron chi connectivity index (χ0n) is 18.6. The number of benzene rings is 1. The van der Waals surface area contributed by atoms with E-state index in [1.165, 1.54) is 32.1 Å². The first kappa shape index (κ1) is 19.8. The lowest BCUT2D eigenvalue weighted by Gasteiger charge is -2.49. The Labute approximate surface area is 193 Å². The molecule has 2 aliphatic heterocycles. The van der Waals surface area contributed by atoms with Gasteiger partial charge in [-0.15, -0.1) is 4.40 Å². The maximum absolute atomic E-state index is 12.2. The van der Waals surface area contributed by atoms with Gasteiger partial charge in [0.15, 0.2) is 0 Å². The average molecular weight is 472 g/mol. The van der Waals surface area contributed by atoms with Crippen LogP contribution in [0.25, 0.3) is 0 Å². The summed E-state index contributed by atoms with van der Waals surface area (Å²) in [6, 6.07) is 6.84. The van der Waals surface area contributed by atoms with Crippen molar-refractivity contribution in [1.29, 1.82) is 0 Å². The van der Waals surface area contributed by atoms with Gasteiger partial charge in [-0.3, -0.25) is 0 Å². The van der Waals surface area contributed by atoms with Gasteiger partial charge >= 0.3 is 0 Å². The van der Waals surface area contributed by atoms with E-state index in [4.69, 9.17) is 19.2 Å². The lowest BCUT2D eigenvalue weighted by molar-refractivity contribution is -0.375. The lowest BCUT2D eigenvalue weighted by Crippen LogP contribution is -2.50. The van der Waals surface area contributed by atoms with Crippen LogP contribution in [-0.4, -0.2) is 32.5 Å². The predicted octanol–water partition coefficient (Wildman–Crippen LogP) is 4.17. The van der Waals surface area contributed by atoms with Crippen LogP contribution in [0, 0.1) is 35.0 Å². The van der Waals surface area contributed by atoms with Gasteiger partial charge in [0.05, 0.1) is 12.2 Å². The van der Waals surface area contributed by atoms with Crippen molar-refractivity contribution in [1.82, 2.24) is 0 Å². The van der Waals surface area contributed by atoms with E-state index in [0.29, 0.717) is 35.3 Å². The van der Waals surface area contributed by atoms with Crippen LogP contribution >= 0.6 is 0 Å². The summed E-state index contributed by atoms with van der Waals surface area (Å²) in [6.45, 7) is 0.446. The third kappa shape index (κ3) is 2.46. The van der Waals surface area contributed by atoms with Gasteiger partial charge in [-0.2, -0.15) is 18.2 Å². The largest absolute Gasteiger partial charge is 0.476 e. The van der Waals surface area contributed by atoms with Crippen LogP contribution in [0.1, 0.15) is 63.4 Å². The summed E-state index contributed by atoms with van der Waals surface area (Å²) in [7, 11) is -3.65. The first-order chi connectivity index (χ1) is 15.9. The van der Waals surface area contributed by atoms with Crippen molar-refractivity contribution in [2.75, 3.05) is 6.61 Å². The molecule has 4 unspecified atom stereocenters. The van der Waals surface area contributed by atoms with Crippen molar-refractivity contribution in [2.45, 2.75) is 74.3 Å². The molecule has 0 aromatic heterocycles. The number of fused-ring (bicyclic) bond motifs is 5. The molecule has 1 aromatic rings. The van der Waals surface area contributed by atoms with Gasteiger partial charge in [-0.05, 0) is 80.2 Å². The summed E-state index contributed by atoms with van der Waals surface area (Å²) in [5.74, 6) is 2.12. The lowest BCUT2D eigenvalue weighted by atomic mass is 9.56. The molecule has 6 fully saturated rings. The summed E-state index contributed by atoms with van der Waals surface area (Å²) in [5, 5.41) is 0. The summed E-state index contributed by atoms with van der Waals surface area (Å²) in [4.78, 5) is 12.5. The van der Waals surface area contributed by atoms with Crippen molar-refractivity contribution in [2.24, 2.45) is 39.4 Å². The van der Waals surface area contributed by atoms with E-state index in [2.05, 4.69) is 4.40 Å². The van der Waals surface area contributed by atoms with Gasteiger partial charge in [0, 0.05) is 24.7 Å². The molecule has 5 saturated carbocycles. The van der Waals surface area contributed by atoms with E-state index in [9.17, 15) is 8.42 Å². The maximum atomic E-state index is 12.2. The number of rotatable bonds is 2. The van der Waals surface area contributed by atoms with Crippen molar-refractivity contribution >= 4 is 15.9 Å². The molecule has 0 amide bonds. The quantitative estimate of drug-likeness (QED) is 0.602. The average Bonchev–Trinajstić information content (AvgIpc) is 3.47. The van der Waals surface area contributed by atoms with Gasteiger partial charge in [0.25, 0.3) is 10.0 Å². The van der Waals surface area contributed by atoms with E-state index < -0.39 is 21.6 Å². The molecule has 2 heterocycles. The van der Waals surface area contributed by atoms with Gasteiger partial charge in [0.1, 0.15) is 4.90 Å². The highest BCUT2D eigenvalue weighted by Gasteiger charge is 2.77. The fourth-order valence-electron chi connectivity index (χ4n) is 8.73. The monoisotopic (exact) mass is 471 g/mol. The van der Waals surface area contributed by atoms with E-state index in [-0.39, 0.29) is 10.8 Å². The van der Waals surface area contributed by atoms with Crippen LogP contribution in [-0.2, 0) is 29.3 Å². The fraction of sp³-hybridized carbons (Fsp3) is 0.720. The zero-order chi connectivity index (χ0) is 22.1. The minimum atomic E-state index is -3.65. The molecule has 3 bridgehead atoms. The van der Waals surface area contributed by atoms with Crippen molar-refractivity contribution in [3.63, 3.8) is 0 Å². The second-order valence-electron chi connectivity index (χ2n) is 11.7. The molecular weight excluding hydrogens is 442 g/mol. The van der Waals surface area contributed by atoms with E-state index in [1.54, 1.807) is 24.3 Å². The van der Waals surface area contributed by atoms with Crippen molar-refractivity contribution < 1.29 is 27.7 Å². The Kier molecular flexibility index (Phi) is 3.71. The molecule has 33 heavy (non-hydrogen) atoms. The molecule has 4 atom stereocenters. The summed E-state index contributed by atoms with van der Waals surface area (Å²) in [5.41, 5.74) is 1.18. The second kappa shape index (κ2) is 6.20. The van der Waals surface area contributed by atoms with E-state index in [1.807, 2.05) is 0 Å². The number of sulfonamides is 1.